The van der Waals surface area contributed by atoms with E-state index in [9.17, 15) is 24.3 Å². The molecule has 2 saturated heterocycles. The summed E-state index contributed by atoms with van der Waals surface area (Å²) in [6.45, 7) is 1.87. The maximum Gasteiger partial charge on any atom is 0.303 e. The van der Waals surface area contributed by atoms with Gasteiger partial charge in [-0.25, -0.2) is 4.90 Å². The van der Waals surface area contributed by atoms with Crippen molar-refractivity contribution in [2.24, 2.45) is 11.8 Å². The number of imide groups is 1. The van der Waals surface area contributed by atoms with Crippen LogP contribution in [0.1, 0.15) is 24.0 Å². The minimum absolute atomic E-state index is 0.133. The Labute approximate surface area is 178 Å². The van der Waals surface area contributed by atoms with Gasteiger partial charge in [-0.15, -0.1) is 0 Å². The van der Waals surface area contributed by atoms with Crippen molar-refractivity contribution in [1.82, 2.24) is 5.32 Å². The molecule has 0 bridgehead atoms. The molecule has 3 N–H and O–H groups in total. The third-order valence-electron chi connectivity index (χ3n) is 6.55. The fourth-order valence-corrected chi connectivity index (χ4v) is 5.31. The van der Waals surface area contributed by atoms with E-state index >= 15 is 0 Å². The van der Waals surface area contributed by atoms with Gasteiger partial charge in [0.2, 0.25) is 17.7 Å². The molecule has 4 atom stereocenters. The Hall–Kier alpha value is -3.52. The molecule has 2 aromatic carbocycles. The molecular formula is C23H21N3O5. The number of carbonyl (C=O) groups excluding carboxylic acids is 3. The first-order chi connectivity index (χ1) is 14.8. The number of nitrogens with one attached hydrogen (secondary N) is 2. The highest BCUT2D eigenvalue weighted by molar-refractivity contribution is 6.25. The van der Waals surface area contributed by atoms with Crippen LogP contribution in [0.2, 0.25) is 0 Å². The summed E-state index contributed by atoms with van der Waals surface area (Å²) in [5.41, 5.74) is 1.15. The molecule has 158 valence electrons. The number of anilines is 2. The van der Waals surface area contributed by atoms with Crippen molar-refractivity contribution in [2.45, 2.75) is 31.3 Å². The number of hydrogen-bond donors (Lipinski definition) is 3. The van der Waals surface area contributed by atoms with Crippen molar-refractivity contribution < 1.29 is 24.3 Å². The van der Waals surface area contributed by atoms with Crippen molar-refractivity contribution in [3.63, 3.8) is 0 Å². The lowest BCUT2D eigenvalue weighted by Crippen LogP contribution is -2.53. The first-order valence-electron chi connectivity index (χ1n) is 10.2. The van der Waals surface area contributed by atoms with Gasteiger partial charge >= 0.3 is 5.97 Å². The van der Waals surface area contributed by atoms with Crippen LogP contribution in [-0.4, -0.2) is 34.8 Å². The fourth-order valence-electron chi connectivity index (χ4n) is 5.31. The van der Waals surface area contributed by atoms with Gasteiger partial charge in [-0.3, -0.25) is 24.5 Å². The highest BCUT2D eigenvalue weighted by atomic mass is 16.4. The first kappa shape index (κ1) is 19.4. The quantitative estimate of drug-likeness (QED) is 0.651. The molecule has 3 aliphatic rings. The van der Waals surface area contributed by atoms with Gasteiger partial charge in [0.25, 0.3) is 0 Å². The number of carbonyl (C=O) groups is 4. The van der Waals surface area contributed by atoms with Crippen molar-refractivity contribution in [3.8, 4) is 0 Å². The third kappa shape index (κ3) is 2.64. The molecule has 3 heterocycles. The van der Waals surface area contributed by atoms with Gasteiger partial charge in [-0.05, 0) is 37.1 Å². The smallest absolute Gasteiger partial charge is 0.303 e. The molecule has 3 amide bonds. The lowest BCUT2D eigenvalue weighted by Gasteiger charge is -2.29. The number of para-hydroxylation sites is 1. The van der Waals surface area contributed by atoms with Gasteiger partial charge < -0.3 is 10.4 Å². The second kappa shape index (κ2) is 6.75. The van der Waals surface area contributed by atoms with Crippen molar-refractivity contribution in [3.05, 3.63) is 59.7 Å². The average molecular weight is 419 g/mol. The molecule has 0 radical (unpaired) electrons. The molecule has 2 aromatic rings. The SMILES string of the molecule is Cc1cccc(N2C(=O)[C@H]3[C@H](CCC(=O)O)N[C@]4(C(=O)Nc5ccccc54)[C@@H]3C2=O)c1. The first-order valence-corrected chi connectivity index (χ1v) is 10.2. The Bertz CT molecular complexity index is 1150. The highest BCUT2D eigenvalue weighted by Gasteiger charge is 2.70. The zero-order chi connectivity index (χ0) is 21.9. The average Bonchev–Trinajstić information content (AvgIpc) is 3.31. The number of fused-ring (bicyclic) bond motifs is 4. The van der Waals surface area contributed by atoms with E-state index in [1.54, 1.807) is 42.5 Å². The van der Waals surface area contributed by atoms with Crippen LogP contribution in [0, 0.1) is 18.8 Å². The number of aryl methyl sites for hydroxylation is 1. The van der Waals surface area contributed by atoms with E-state index in [1.807, 2.05) is 13.0 Å². The van der Waals surface area contributed by atoms with Gasteiger partial charge in [0, 0.05) is 23.7 Å². The number of nitrogens with zero attached hydrogens (tertiary/aromatic N) is 1. The zero-order valence-corrected chi connectivity index (χ0v) is 16.8. The number of rotatable bonds is 4. The van der Waals surface area contributed by atoms with Crippen LogP contribution in [0.15, 0.2) is 48.5 Å². The summed E-state index contributed by atoms with van der Waals surface area (Å²) in [5, 5.41) is 15.2. The molecule has 0 saturated carbocycles. The highest BCUT2D eigenvalue weighted by Crippen LogP contribution is 2.54. The molecule has 3 aliphatic heterocycles. The molecule has 5 rings (SSSR count). The lowest BCUT2D eigenvalue weighted by molar-refractivity contribution is -0.137. The maximum atomic E-state index is 13.7. The number of amides is 3. The summed E-state index contributed by atoms with van der Waals surface area (Å²) in [5.74, 6) is -4.03. The standard InChI is InChI=1S/C23H21N3O5/c1-12-5-4-6-13(11-12)26-20(29)18-16(9-10-17(27)28)25-23(19(18)21(26)30)14-7-2-3-8-15(14)24-22(23)31/h2-8,11,16,18-19,25H,9-10H2,1H3,(H,24,31)(H,27,28)/t16-,18-,19-,23-/m0/s1. The van der Waals surface area contributed by atoms with E-state index in [1.165, 1.54) is 0 Å². The van der Waals surface area contributed by atoms with E-state index in [0.29, 0.717) is 16.9 Å². The van der Waals surface area contributed by atoms with Crippen LogP contribution in [0.25, 0.3) is 0 Å². The van der Waals surface area contributed by atoms with Crippen LogP contribution in [0.5, 0.6) is 0 Å². The van der Waals surface area contributed by atoms with E-state index in [-0.39, 0.29) is 12.8 Å². The molecule has 2 fully saturated rings. The van der Waals surface area contributed by atoms with E-state index in [2.05, 4.69) is 10.6 Å². The Morgan fingerprint density at radius 1 is 1.10 bits per heavy atom. The second-order valence-electron chi connectivity index (χ2n) is 8.35. The molecular weight excluding hydrogens is 398 g/mol. The van der Waals surface area contributed by atoms with Crippen LogP contribution in [0.4, 0.5) is 11.4 Å². The minimum atomic E-state index is -1.41. The predicted octanol–water partition coefficient (Wildman–Crippen LogP) is 1.78. The summed E-state index contributed by atoms with van der Waals surface area (Å²) >= 11 is 0. The minimum Gasteiger partial charge on any atom is -0.481 e. The topological polar surface area (TPSA) is 116 Å². The Kier molecular flexibility index (Phi) is 4.23. The predicted molar refractivity (Wildman–Crippen MR) is 111 cm³/mol. The van der Waals surface area contributed by atoms with Crippen molar-refractivity contribution >= 4 is 35.1 Å². The third-order valence-corrected chi connectivity index (χ3v) is 6.55. The normalized spacial score (nSPS) is 28.7. The van der Waals surface area contributed by atoms with Crippen LogP contribution >= 0.6 is 0 Å². The molecule has 8 heteroatoms. The monoisotopic (exact) mass is 419 g/mol. The molecule has 8 nitrogen and oxygen atoms in total. The Morgan fingerprint density at radius 3 is 2.61 bits per heavy atom. The Morgan fingerprint density at radius 2 is 1.87 bits per heavy atom. The van der Waals surface area contributed by atoms with E-state index < -0.39 is 47.1 Å². The van der Waals surface area contributed by atoms with Gasteiger partial charge in [0.15, 0.2) is 0 Å². The molecule has 31 heavy (non-hydrogen) atoms. The number of aliphatic carboxylic acids is 1. The number of carboxylic acids is 1. The van der Waals surface area contributed by atoms with Crippen LogP contribution < -0.4 is 15.5 Å². The Balaban J connectivity index is 1.65. The number of carboxylic acid groups (broad SMARTS) is 1. The molecule has 1 spiro atoms. The summed E-state index contributed by atoms with van der Waals surface area (Å²) in [4.78, 5) is 52.8. The van der Waals surface area contributed by atoms with Crippen LogP contribution in [-0.2, 0) is 24.7 Å². The largest absolute Gasteiger partial charge is 0.481 e. The lowest BCUT2D eigenvalue weighted by atomic mass is 9.76. The number of benzene rings is 2. The zero-order valence-electron chi connectivity index (χ0n) is 16.8. The second-order valence-corrected chi connectivity index (χ2v) is 8.35. The van der Waals surface area contributed by atoms with E-state index in [0.717, 1.165) is 10.5 Å². The van der Waals surface area contributed by atoms with E-state index in [4.69, 9.17) is 0 Å². The fraction of sp³-hybridized carbons (Fsp3) is 0.304. The summed E-state index contributed by atoms with van der Waals surface area (Å²) < 4.78 is 0. The number of hydrogen-bond acceptors (Lipinski definition) is 5. The molecule has 0 aromatic heterocycles. The summed E-state index contributed by atoms with van der Waals surface area (Å²) in [6.07, 6.45) is -0.0411. The van der Waals surface area contributed by atoms with Gasteiger partial charge in [0.1, 0.15) is 5.54 Å². The van der Waals surface area contributed by atoms with Crippen molar-refractivity contribution in [1.29, 1.82) is 0 Å². The van der Waals surface area contributed by atoms with Crippen LogP contribution in [0.3, 0.4) is 0 Å². The maximum absolute atomic E-state index is 13.7. The van der Waals surface area contributed by atoms with Crippen molar-refractivity contribution in [2.75, 3.05) is 10.2 Å². The summed E-state index contributed by atoms with van der Waals surface area (Å²) in [6, 6.07) is 13.6. The van der Waals surface area contributed by atoms with Gasteiger partial charge in [-0.2, -0.15) is 0 Å². The molecule has 0 aliphatic carbocycles. The van der Waals surface area contributed by atoms with Gasteiger partial charge in [-0.1, -0.05) is 30.3 Å². The summed E-state index contributed by atoms with van der Waals surface area (Å²) in [7, 11) is 0. The van der Waals surface area contributed by atoms with Gasteiger partial charge in [0.05, 0.1) is 17.5 Å². The molecule has 0 unspecified atom stereocenters.